The Labute approximate surface area is 370 Å². The van der Waals surface area contributed by atoms with E-state index in [2.05, 4.69) is 25.6 Å². The number of hydrogen-bond acceptors (Lipinski definition) is 10. The largest absolute Gasteiger partial charge is 0.482 e. The van der Waals surface area contributed by atoms with Crippen LogP contribution in [-0.4, -0.2) is 97.9 Å². The molecule has 3 fully saturated rings. The zero-order valence-electron chi connectivity index (χ0n) is 34.8. The molecule has 2 aromatic carbocycles. The maximum Gasteiger partial charge on any atom is 0.255 e. The number of nitrogens with one attached hydrogen (secondary N) is 2. The highest BCUT2D eigenvalue weighted by atomic mass is 35.5. The average Bonchev–Trinajstić information content (AvgIpc) is 3.87. The summed E-state index contributed by atoms with van der Waals surface area (Å²) in [4.78, 5) is 60.6. The molecule has 14 nitrogen and oxygen atoms in total. The van der Waals surface area contributed by atoms with Gasteiger partial charge in [0.25, 0.3) is 5.91 Å². The van der Waals surface area contributed by atoms with Gasteiger partial charge in [-0.25, -0.2) is 9.37 Å². The van der Waals surface area contributed by atoms with Crippen LogP contribution in [0.4, 0.5) is 15.9 Å². The number of nitrogens with zero attached hydrogens (tertiary/aromatic N) is 6. The summed E-state index contributed by atoms with van der Waals surface area (Å²) < 4.78 is 22.2. The minimum Gasteiger partial charge on any atom is -0.482 e. The van der Waals surface area contributed by atoms with Crippen molar-refractivity contribution in [1.82, 2.24) is 34.8 Å². The zero-order chi connectivity index (χ0) is 43.5. The summed E-state index contributed by atoms with van der Waals surface area (Å²) in [6, 6.07) is 9.95. The Morgan fingerprint density at radius 3 is 2.58 bits per heavy atom. The highest BCUT2D eigenvalue weighted by Crippen LogP contribution is 2.38. The summed E-state index contributed by atoms with van der Waals surface area (Å²) in [7, 11) is 0. The second-order valence-corrected chi connectivity index (χ2v) is 17.6. The molecular formula is C45H52Cl2FN9O5. The number of fused-ring (bicyclic) bond motifs is 1. The maximum atomic E-state index is 14.2. The predicted octanol–water partition coefficient (Wildman–Crippen LogP) is 7.17. The number of nitrogens with two attached hydrogens (primary N) is 1. The first-order valence-corrected chi connectivity index (χ1v) is 22.3. The van der Waals surface area contributed by atoms with Crippen molar-refractivity contribution in [3.63, 3.8) is 0 Å². The zero-order valence-corrected chi connectivity index (χ0v) is 36.3. The van der Waals surface area contributed by atoms with Crippen molar-refractivity contribution in [2.24, 2.45) is 0 Å². The molecule has 0 bridgehead atoms. The molecule has 0 radical (unpaired) electrons. The third kappa shape index (κ3) is 9.54. The van der Waals surface area contributed by atoms with Gasteiger partial charge in [-0.3, -0.25) is 34.1 Å². The summed E-state index contributed by atoms with van der Waals surface area (Å²) >= 11 is 12.5. The second-order valence-electron chi connectivity index (χ2n) is 16.8. The van der Waals surface area contributed by atoms with Crippen molar-refractivity contribution in [3.8, 4) is 16.9 Å². The van der Waals surface area contributed by atoms with Crippen molar-refractivity contribution in [1.29, 1.82) is 0 Å². The standard InChI is InChI=1S/C45H52Cl2FN9O5/c1-27(41-34(46)11-12-35(48)42(41)47)62-38-20-28(21-50-43(38)49)29-22-51-57(23-29)31-15-18-55(19-16-31)40(59)10-5-3-2-4-6-17-54-24-30(25-54)52-36-9-7-8-32-33(36)26-56(45(32)61)37-13-14-39(58)53-44(37)60/h7-9,11-12,20-23,27,30-31,37,52H,2-6,10,13-19,24-26H2,1H3,(H2,49,50)(H,53,58,60). The van der Waals surface area contributed by atoms with Crippen molar-refractivity contribution in [2.75, 3.05) is 43.8 Å². The van der Waals surface area contributed by atoms with E-state index in [0.717, 1.165) is 87.0 Å². The highest BCUT2D eigenvalue weighted by Gasteiger charge is 2.40. The number of aromatic nitrogens is 3. The van der Waals surface area contributed by atoms with Gasteiger partial charge in [0.15, 0.2) is 11.6 Å². The van der Waals surface area contributed by atoms with Gasteiger partial charge in [0.2, 0.25) is 17.7 Å². The van der Waals surface area contributed by atoms with E-state index in [-0.39, 0.29) is 46.0 Å². The number of nitrogen functional groups attached to an aromatic ring is 1. The molecule has 2 unspecified atom stereocenters. The molecule has 4 aromatic rings. The number of ether oxygens (including phenoxy) is 1. The van der Waals surface area contributed by atoms with E-state index in [1.807, 2.05) is 34.0 Å². The van der Waals surface area contributed by atoms with Gasteiger partial charge in [-0.05, 0) is 75.9 Å². The molecule has 328 valence electrons. The fraction of sp³-hybridized carbons (Fsp3) is 0.467. The Morgan fingerprint density at radius 1 is 1.02 bits per heavy atom. The van der Waals surface area contributed by atoms with Crippen molar-refractivity contribution in [3.05, 3.63) is 87.5 Å². The van der Waals surface area contributed by atoms with Gasteiger partial charge in [-0.2, -0.15) is 5.10 Å². The van der Waals surface area contributed by atoms with Crippen LogP contribution in [0.15, 0.2) is 55.0 Å². The minimum absolute atomic E-state index is 0.101. The number of amides is 4. The molecule has 0 aliphatic carbocycles. The molecule has 4 aliphatic rings. The SMILES string of the molecule is CC(Oc1cc(-c2cnn(C3CCN(C(=O)CCCCCCCN4CC(Nc5cccc6c5CN(C5CCC(=O)NC5=O)C6=O)C4)CC3)c2)cnc1N)c1c(Cl)ccc(F)c1Cl. The molecular weight excluding hydrogens is 836 g/mol. The lowest BCUT2D eigenvalue weighted by Crippen LogP contribution is -2.54. The average molecular weight is 889 g/mol. The topological polar surface area (TPSA) is 168 Å². The van der Waals surface area contributed by atoms with Crippen LogP contribution in [0.25, 0.3) is 11.1 Å². The molecule has 62 heavy (non-hydrogen) atoms. The summed E-state index contributed by atoms with van der Waals surface area (Å²) in [5, 5.41) is 10.8. The molecule has 6 heterocycles. The van der Waals surface area contributed by atoms with Crippen LogP contribution >= 0.6 is 23.2 Å². The van der Waals surface area contributed by atoms with Gasteiger partial charge in [0.05, 0.1) is 23.3 Å². The Bertz CT molecular complexity index is 2330. The molecule has 0 spiro atoms. The van der Waals surface area contributed by atoms with Crippen LogP contribution in [-0.2, 0) is 20.9 Å². The lowest BCUT2D eigenvalue weighted by Gasteiger charge is -2.40. The molecule has 2 atom stereocenters. The Kier molecular flexibility index (Phi) is 13.3. The van der Waals surface area contributed by atoms with Crippen LogP contribution in [0.1, 0.15) is 105 Å². The summed E-state index contributed by atoms with van der Waals surface area (Å²) in [5.41, 5.74) is 10.5. The first kappa shape index (κ1) is 43.4. The number of benzene rings is 2. The van der Waals surface area contributed by atoms with Crippen molar-refractivity contribution >= 4 is 58.3 Å². The van der Waals surface area contributed by atoms with E-state index in [9.17, 15) is 23.6 Å². The van der Waals surface area contributed by atoms with Crippen molar-refractivity contribution in [2.45, 2.75) is 102 Å². The predicted molar refractivity (Wildman–Crippen MR) is 234 cm³/mol. The lowest BCUT2D eigenvalue weighted by atomic mass is 10.0. The first-order valence-electron chi connectivity index (χ1n) is 21.6. The van der Waals surface area contributed by atoms with Gasteiger partial charge in [0, 0.05) is 96.5 Å². The summed E-state index contributed by atoms with van der Waals surface area (Å²) in [5.74, 6) is -0.721. The van der Waals surface area contributed by atoms with Crippen LogP contribution < -0.4 is 21.1 Å². The number of anilines is 2. The number of imide groups is 1. The number of carbonyl (C=O) groups excluding carboxylic acids is 4. The second kappa shape index (κ2) is 19.0. The first-order chi connectivity index (χ1) is 29.9. The third-order valence-corrected chi connectivity index (χ3v) is 13.3. The molecule has 17 heteroatoms. The van der Waals surface area contributed by atoms with E-state index < -0.39 is 23.9 Å². The Morgan fingerprint density at radius 2 is 1.79 bits per heavy atom. The van der Waals surface area contributed by atoms with Crippen LogP contribution in [0.2, 0.25) is 10.0 Å². The van der Waals surface area contributed by atoms with E-state index in [0.29, 0.717) is 55.4 Å². The fourth-order valence-corrected chi connectivity index (χ4v) is 9.70. The highest BCUT2D eigenvalue weighted by molar-refractivity contribution is 6.36. The Balaban J connectivity index is 0.702. The van der Waals surface area contributed by atoms with Crippen molar-refractivity contribution < 1.29 is 28.3 Å². The number of unbranched alkanes of at least 4 members (excludes halogenated alkanes) is 4. The Hall–Kier alpha value is -5.25. The quantitative estimate of drug-likeness (QED) is 0.0596. The number of pyridine rings is 1. The number of carbonyl (C=O) groups is 4. The molecule has 4 aliphatic heterocycles. The van der Waals surface area contributed by atoms with Crippen LogP contribution in [0.3, 0.4) is 0 Å². The molecule has 2 aromatic heterocycles. The lowest BCUT2D eigenvalue weighted by molar-refractivity contribution is -0.137. The number of likely N-dealkylation sites (tertiary alicyclic amines) is 2. The summed E-state index contributed by atoms with van der Waals surface area (Å²) in [6.07, 6.45) is 12.8. The molecule has 8 rings (SSSR count). The molecule has 0 saturated carbocycles. The maximum absolute atomic E-state index is 14.2. The molecule has 4 amide bonds. The van der Waals surface area contributed by atoms with E-state index in [4.69, 9.17) is 33.7 Å². The normalized spacial score (nSPS) is 19.0. The van der Waals surface area contributed by atoms with Gasteiger partial charge < -0.3 is 25.6 Å². The van der Waals surface area contributed by atoms with E-state index in [1.165, 1.54) is 12.1 Å². The van der Waals surface area contributed by atoms with Crippen LogP contribution in [0, 0.1) is 5.82 Å². The number of piperidine rings is 2. The third-order valence-electron chi connectivity index (χ3n) is 12.6. The fourth-order valence-electron chi connectivity index (χ4n) is 9.02. The van der Waals surface area contributed by atoms with Gasteiger partial charge in [-0.15, -0.1) is 0 Å². The molecule has 3 saturated heterocycles. The number of hydrogen-bond donors (Lipinski definition) is 3. The van der Waals surface area contributed by atoms with Crippen LogP contribution in [0.5, 0.6) is 5.75 Å². The number of halogens is 3. The van der Waals surface area contributed by atoms with E-state index in [1.54, 1.807) is 30.3 Å². The van der Waals surface area contributed by atoms with Gasteiger partial charge in [0.1, 0.15) is 18.0 Å². The smallest absolute Gasteiger partial charge is 0.255 e. The number of rotatable bonds is 16. The van der Waals surface area contributed by atoms with E-state index >= 15 is 0 Å². The van der Waals surface area contributed by atoms with Gasteiger partial charge >= 0.3 is 0 Å². The molecule has 4 N–H and O–H groups in total. The van der Waals surface area contributed by atoms with Gasteiger partial charge in [-0.1, -0.05) is 48.5 Å². The monoisotopic (exact) mass is 887 g/mol. The minimum atomic E-state index is -0.689. The summed E-state index contributed by atoms with van der Waals surface area (Å²) in [6.45, 7) is 6.37.